The highest BCUT2D eigenvalue weighted by molar-refractivity contribution is 6.31. The second-order valence-electron chi connectivity index (χ2n) is 6.14. The molecule has 0 radical (unpaired) electrons. The monoisotopic (exact) mass is 418 g/mol. The number of rotatable bonds is 5. The number of aromatic hydroxyl groups is 1. The van der Waals surface area contributed by atoms with Gasteiger partial charge >= 0.3 is 0 Å². The highest BCUT2D eigenvalue weighted by Crippen LogP contribution is 2.21. The summed E-state index contributed by atoms with van der Waals surface area (Å²) >= 11 is 5.78. The van der Waals surface area contributed by atoms with Crippen LogP contribution in [0.2, 0.25) is 5.02 Å². The first kappa shape index (κ1) is 20.3. The third kappa shape index (κ3) is 5.08. The van der Waals surface area contributed by atoms with Crippen molar-refractivity contribution in [1.29, 1.82) is 0 Å². The number of hydrogen-bond acceptors (Lipinski definition) is 6. The van der Waals surface area contributed by atoms with Gasteiger partial charge in [-0.2, -0.15) is 4.98 Å². The van der Waals surface area contributed by atoms with Gasteiger partial charge in [0.1, 0.15) is 11.6 Å². The predicted molar refractivity (Wildman–Crippen MR) is 101 cm³/mol. The number of aryl methyl sites for hydroxylation is 2. The molecule has 0 atom stereocenters. The van der Waals surface area contributed by atoms with Gasteiger partial charge in [0, 0.05) is 23.4 Å². The molecule has 0 spiro atoms. The Balaban J connectivity index is 1.52. The van der Waals surface area contributed by atoms with E-state index in [0.717, 1.165) is 0 Å². The number of aromatic nitrogens is 2. The van der Waals surface area contributed by atoms with E-state index in [-0.39, 0.29) is 46.7 Å². The first-order valence-electron chi connectivity index (χ1n) is 8.50. The maximum absolute atomic E-state index is 13.3. The third-order valence-corrected chi connectivity index (χ3v) is 4.20. The molecule has 0 aliphatic rings. The topological polar surface area (TPSA) is 117 Å². The maximum atomic E-state index is 13.3. The zero-order valence-electron chi connectivity index (χ0n) is 15.2. The Morgan fingerprint density at radius 3 is 2.76 bits per heavy atom. The van der Waals surface area contributed by atoms with Crippen LogP contribution < -0.4 is 10.9 Å². The van der Waals surface area contributed by atoms with Crippen molar-refractivity contribution >= 4 is 23.4 Å². The molecule has 2 aromatic carbocycles. The first-order chi connectivity index (χ1) is 13.8. The number of phenols is 1. The summed E-state index contributed by atoms with van der Waals surface area (Å²) in [6, 6.07) is 8.42. The van der Waals surface area contributed by atoms with Gasteiger partial charge in [0.05, 0.1) is 5.56 Å². The normalized spacial score (nSPS) is 10.6. The van der Waals surface area contributed by atoms with Crippen molar-refractivity contribution in [1.82, 2.24) is 21.0 Å². The fourth-order valence-corrected chi connectivity index (χ4v) is 2.60. The van der Waals surface area contributed by atoms with E-state index < -0.39 is 11.8 Å². The summed E-state index contributed by atoms with van der Waals surface area (Å²) in [5.74, 6) is -1.32. The standard InChI is InChI=1S/C19H16ClFN4O4/c1-10-8-11(2-4-14(10)21)18-22-17(29-25-18)7-6-16(27)23-24-19(28)13-9-12(20)3-5-15(13)26/h2-5,8-9,26H,6-7H2,1H3,(H,23,27)(H,24,28). The van der Waals surface area contributed by atoms with E-state index in [1.807, 2.05) is 0 Å². The van der Waals surface area contributed by atoms with Crippen molar-refractivity contribution < 1.29 is 23.6 Å². The van der Waals surface area contributed by atoms with E-state index >= 15 is 0 Å². The van der Waals surface area contributed by atoms with Gasteiger partial charge in [0.15, 0.2) is 0 Å². The average molecular weight is 419 g/mol. The van der Waals surface area contributed by atoms with E-state index in [2.05, 4.69) is 21.0 Å². The number of carbonyl (C=O) groups excluding carboxylic acids is 2. The predicted octanol–water partition coefficient (Wildman–Crippen LogP) is 2.94. The number of amides is 2. The fourth-order valence-electron chi connectivity index (χ4n) is 2.42. The summed E-state index contributed by atoms with van der Waals surface area (Å²) in [7, 11) is 0. The molecule has 3 aromatic rings. The Morgan fingerprint density at radius 1 is 1.21 bits per heavy atom. The van der Waals surface area contributed by atoms with Gasteiger partial charge in [-0.25, -0.2) is 4.39 Å². The van der Waals surface area contributed by atoms with Gasteiger partial charge in [-0.1, -0.05) is 16.8 Å². The molecule has 2 amide bonds. The van der Waals surface area contributed by atoms with Crippen LogP contribution in [0.25, 0.3) is 11.4 Å². The third-order valence-electron chi connectivity index (χ3n) is 3.97. The summed E-state index contributed by atoms with van der Waals surface area (Å²) in [4.78, 5) is 28.1. The van der Waals surface area contributed by atoms with Gasteiger partial charge in [-0.3, -0.25) is 20.4 Å². The molecule has 29 heavy (non-hydrogen) atoms. The Morgan fingerprint density at radius 2 is 2.00 bits per heavy atom. The SMILES string of the molecule is Cc1cc(-c2noc(CCC(=O)NNC(=O)c3cc(Cl)ccc3O)n2)ccc1F. The molecule has 0 fully saturated rings. The van der Waals surface area contributed by atoms with Crippen LogP contribution in [0.3, 0.4) is 0 Å². The summed E-state index contributed by atoms with van der Waals surface area (Å²) in [5, 5.41) is 13.8. The van der Waals surface area contributed by atoms with E-state index in [9.17, 15) is 19.1 Å². The highest BCUT2D eigenvalue weighted by Gasteiger charge is 2.14. The molecule has 3 rings (SSSR count). The molecule has 0 saturated heterocycles. The molecule has 0 bridgehead atoms. The average Bonchev–Trinajstić information content (AvgIpc) is 3.17. The number of hydrogen-bond donors (Lipinski definition) is 3. The van der Waals surface area contributed by atoms with Crippen LogP contribution in [0.15, 0.2) is 40.9 Å². The van der Waals surface area contributed by atoms with Gasteiger partial charge in [0.2, 0.25) is 17.6 Å². The first-order valence-corrected chi connectivity index (χ1v) is 8.88. The number of hydrazine groups is 1. The van der Waals surface area contributed by atoms with Crippen LogP contribution in [0.1, 0.15) is 28.2 Å². The van der Waals surface area contributed by atoms with Crippen LogP contribution in [-0.4, -0.2) is 27.1 Å². The lowest BCUT2D eigenvalue weighted by Gasteiger charge is -2.08. The van der Waals surface area contributed by atoms with E-state index in [4.69, 9.17) is 16.1 Å². The minimum absolute atomic E-state index is 0.0358. The Bertz CT molecular complexity index is 1070. The van der Waals surface area contributed by atoms with Crippen molar-refractivity contribution in [2.75, 3.05) is 0 Å². The molecule has 3 N–H and O–H groups in total. The van der Waals surface area contributed by atoms with E-state index in [1.165, 1.54) is 30.3 Å². The van der Waals surface area contributed by atoms with E-state index in [0.29, 0.717) is 11.1 Å². The van der Waals surface area contributed by atoms with Crippen LogP contribution in [0.4, 0.5) is 4.39 Å². The second-order valence-corrected chi connectivity index (χ2v) is 6.58. The summed E-state index contributed by atoms with van der Waals surface area (Å²) < 4.78 is 18.4. The molecule has 1 heterocycles. The largest absolute Gasteiger partial charge is 0.507 e. The number of phenolic OH excluding ortho intramolecular Hbond substituents is 1. The minimum atomic E-state index is -0.717. The number of halogens is 2. The molecule has 1 aromatic heterocycles. The Hall–Kier alpha value is -3.46. The van der Waals surface area contributed by atoms with Gasteiger partial charge in [-0.05, 0) is 48.9 Å². The van der Waals surface area contributed by atoms with Gasteiger partial charge < -0.3 is 9.63 Å². The molecule has 150 valence electrons. The van der Waals surface area contributed by atoms with E-state index in [1.54, 1.807) is 13.0 Å². The van der Waals surface area contributed by atoms with Crippen molar-refractivity contribution in [3.05, 3.63) is 64.3 Å². The molecule has 10 heteroatoms. The number of nitrogens with zero attached hydrogens (tertiary/aromatic N) is 2. The molecule has 0 saturated carbocycles. The number of nitrogens with one attached hydrogen (secondary N) is 2. The molecule has 0 unspecified atom stereocenters. The summed E-state index contributed by atoms with van der Waals surface area (Å²) in [6.07, 6.45) is 0.100. The lowest BCUT2D eigenvalue weighted by molar-refractivity contribution is -0.121. The lowest BCUT2D eigenvalue weighted by atomic mass is 10.1. The fraction of sp³-hybridized carbons (Fsp3) is 0.158. The molecule has 0 aliphatic carbocycles. The molecule has 0 aliphatic heterocycles. The van der Waals surface area contributed by atoms with Crippen molar-refractivity contribution in [2.45, 2.75) is 19.8 Å². The van der Waals surface area contributed by atoms with Crippen LogP contribution in [0, 0.1) is 12.7 Å². The molecular weight excluding hydrogens is 403 g/mol. The van der Waals surface area contributed by atoms with Crippen LogP contribution in [-0.2, 0) is 11.2 Å². The van der Waals surface area contributed by atoms with Crippen LogP contribution in [0.5, 0.6) is 5.75 Å². The number of carbonyl (C=O) groups is 2. The summed E-state index contributed by atoms with van der Waals surface area (Å²) in [5.41, 5.74) is 5.38. The van der Waals surface area contributed by atoms with Gasteiger partial charge in [-0.15, -0.1) is 0 Å². The highest BCUT2D eigenvalue weighted by atomic mass is 35.5. The van der Waals surface area contributed by atoms with Crippen molar-refractivity contribution in [3.63, 3.8) is 0 Å². The zero-order valence-corrected chi connectivity index (χ0v) is 16.0. The summed E-state index contributed by atoms with van der Waals surface area (Å²) in [6.45, 7) is 1.63. The number of benzene rings is 2. The zero-order chi connectivity index (χ0) is 21.0. The second kappa shape index (κ2) is 8.70. The Labute approximate surface area is 169 Å². The lowest BCUT2D eigenvalue weighted by Crippen LogP contribution is -2.41. The quantitative estimate of drug-likeness (QED) is 0.548. The van der Waals surface area contributed by atoms with Gasteiger partial charge in [0.25, 0.3) is 5.91 Å². The van der Waals surface area contributed by atoms with Crippen LogP contribution >= 0.6 is 11.6 Å². The maximum Gasteiger partial charge on any atom is 0.273 e. The Kier molecular flexibility index (Phi) is 6.08. The van der Waals surface area contributed by atoms with Crippen molar-refractivity contribution in [3.8, 4) is 17.1 Å². The minimum Gasteiger partial charge on any atom is -0.507 e. The molecule has 8 nitrogen and oxygen atoms in total. The van der Waals surface area contributed by atoms with Crippen molar-refractivity contribution in [2.24, 2.45) is 0 Å². The smallest absolute Gasteiger partial charge is 0.273 e. The molecular formula is C19H16ClFN4O4.